The Hall–Kier alpha value is -2.98. The van der Waals surface area contributed by atoms with Gasteiger partial charge in [-0.2, -0.15) is 4.68 Å². The number of thiazole rings is 1. The molecule has 2 heterocycles. The van der Waals surface area contributed by atoms with E-state index in [0.29, 0.717) is 17.5 Å². The van der Waals surface area contributed by atoms with E-state index in [0.717, 1.165) is 20.9 Å². The maximum atomic E-state index is 12.9. The highest BCUT2D eigenvalue weighted by Crippen LogP contribution is 2.30. The zero-order valence-corrected chi connectivity index (χ0v) is 19.1. The van der Waals surface area contributed by atoms with Crippen LogP contribution in [-0.4, -0.2) is 55.4 Å². The highest BCUT2D eigenvalue weighted by atomic mass is 32.2. The molecule has 0 bridgehead atoms. The average Bonchev–Trinajstić information content (AvgIpc) is 3.44. The predicted molar refractivity (Wildman–Crippen MR) is 122 cm³/mol. The predicted octanol–water partition coefficient (Wildman–Crippen LogP) is 3.98. The lowest BCUT2D eigenvalue weighted by Gasteiger charge is -2.23. The minimum absolute atomic E-state index is 0.0237. The van der Waals surface area contributed by atoms with Crippen molar-refractivity contribution in [2.75, 3.05) is 19.4 Å². The fourth-order valence-corrected chi connectivity index (χ4v) is 4.88. The van der Waals surface area contributed by atoms with E-state index in [1.807, 2.05) is 62.4 Å². The molecule has 31 heavy (non-hydrogen) atoms. The molecule has 0 saturated heterocycles. The van der Waals surface area contributed by atoms with Gasteiger partial charge in [0.05, 0.1) is 28.6 Å². The van der Waals surface area contributed by atoms with Crippen molar-refractivity contribution in [3.05, 3.63) is 53.5 Å². The standard InChI is InChI=1S/C21H22N6O2S2/c1-4-29-17-11-7-6-10-16(17)27-21(23-24-25-27)30-13-19(28)26(3)14(2)20-22-15-9-5-8-12-18(15)31-20/h5-12,14H,4,13H2,1-3H3/t14-/m0/s1. The summed E-state index contributed by atoms with van der Waals surface area (Å²) in [4.78, 5) is 19.3. The lowest BCUT2D eigenvalue weighted by Crippen LogP contribution is -2.31. The van der Waals surface area contributed by atoms with Crippen LogP contribution in [0.5, 0.6) is 5.75 Å². The smallest absolute Gasteiger partial charge is 0.233 e. The summed E-state index contributed by atoms with van der Waals surface area (Å²) in [5.41, 5.74) is 1.69. The molecule has 10 heteroatoms. The lowest BCUT2D eigenvalue weighted by atomic mass is 10.3. The Kier molecular flexibility index (Phi) is 6.47. The van der Waals surface area contributed by atoms with Gasteiger partial charge in [-0.15, -0.1) is 16.4 Å². The number of hydrogen-bond donors (Lipinski definition) is 0. The minimum atomic E-state index is -0.125. The van der Waals surface area contributed by atoms with Crippen molar-refractivity contribution in [2.45, 2.75) is 25.0 Å². The molecule has 0 radical (unpaired) electrons. The number of rotatable bonds is 8. The number of carbonyl (C=O) groups is 1. The van der Waals surface area contributed by atoms with E-state index in [2.05, 4.69) is 20.5 Å². The Morgan fingerprint density at radius 1 is 1.23 bits per heavy atom. The third-order valence-corrected chi connectivity index (χ3v) is 6.91. The molecule has 1 amide bonds. The van der Waals surface area contributed by atoms with Crippen LogP contribution < -0.4 is 4.74 Å². The van der Waals surface area contributed by atoms with Gasteiger partial charge in [-0.1, -0.05) is 36.0 Å². The average molecular weight is 455 g/mol. The Bertz CT molecular complexity index is 1160. The topological polar surface area (TPSA) is 86.0 Å². The van der Waals surface area contributed by atoms with Crippen LogP contribution >= 0.6 is 23.1 Å². The zero-order valence-electron chi connectivity index (χ0n) is 17.4. The zero-order chi connectivity index (χ0) is 21.8. The summed E-state index contributed by atoms with van der Waals surface area (Å²) in [5, 5.41) is 13.4. The van der Waals surface area contributed by atoms with Gasteiger partial charge < -0.3 is 9.64 Å². The molecule has 2 aromatic heterocycles. The van der Waals surface area contributed by atoms with Crippen molar-refractivity contribution in [3.63, 3.8) is 0 Å². The normalized spacial score (nSPS) is 12.1. The van der Waals surface area contributed by atoms with Crippen LogP contribution in [0.15, 0.2) is 53.7 Å². The van der Waals surface area contributed by atoms with E-state index in [1.54, 1.807) is 28.0 Å². The van der Waals surface area contributed by atoms with Gasteiger partial charge >= 0.3 is 0 Å². The third kappa shape index (κ3) is 4.54. The van der Waals surface area contributed by atoms with E-state index in [4.69, 9.17) is 4.74 Å². The summed E-state index contributed by atoms with van der Waals surface area (Å²) in [5.74, 6) is 0.875. The first-order valence-electron chi connectivity index (χ1n) is 9.83. The van der Waals surface area contributed by atoms with Gasteiger partial charge in [0.2, 0.25) is 11.1 Å². The summed E-state index contributed by atoms with van der Waals surface area (Å²) in [7, 11) is 1.80. The summed E-state index contributed by atoms with van der Waals surface area (Å²) in [6.07, 6.45) is 0. The number of amides is 1. The van der Waals surface area contributed by atoms with Crippen LogP contribution in [-0.2, 0) is 4.79 Å². The molecule has 0 saturated carbocycles. The van der Waals surface area contributed by atoms with Crippen LogP contribution in [0.2, 0.25) is 0 Å². The number of nitrogens with zero attached hydrogens (tertiary/aromatic N) is 6. The Morgan fingerprint density at radius 3 is 2.81 bits per heavy atom. The van der Waals surface area contributed by atoms with Crippen molar-refractivity contribution >= 4 is 39.2 Å². The molecule has 8 nitrogen and oxygen atoms in total. The van der Waals surface area contributed by atoms with Gasteiger partial charge in [0.1, 0.15) is 16.4 Å². The van der Waals surface area contributed by atoms with Gasteiger partial charge in [0.25, 0.3) is 0 Å². The van der Waals surface area contributed by atoms with Crippen molar-refractivity contribution in [1.29, 1.82) is 0 Å². The summed E-state index contributed by atoms with van der Waals surface area (Å²) in [6.45, 7) is 4.45. The van der Waals surface area contributed by atoms with Crippen molar-refractivity contribution in [1.82, 2.24) is 30.1 Å². The van der Waals surface area contributed by atoms with E-state index in [-0.39, 0.29) is 17.7 Å². The van der Waals surface area contributed by atoms with Crippen LogP contribution in [0.4, 0.5) is 0 Å². The second-order valence-electron chi connectivity index (χ2n) is 6.76. The first-order chi connectivity index (χ1) is 15.1. The van der Waals surface area contributed by atoms with E-state index >= 15 is 0 Å². The van der Waals surface area contributed by atoms with Crippen molar-refractivity contribution in [3.8, 4) is 11.4 Å². The Balaban J connectivity index is 1.45. The van der Waals surface area contributed by atoms with Gasteiger partial charge in [0.15, 0.2) is 0 Å². The quantitative estimate of drug-likeness (QED) is 0.372. The molecule has 0 fully saturated rings. The first-order valence-corrected chi connectivity index (χ1v) is 11.6. The fourth-order valence-electron chi connectivity index (χ4n) is 3.01. The number of fused-ring (bicyclic) bond motifs is 1. The largest absolute Gasteiger partial charge is 0.492 e. The highest BCUT2D eigenvalue weighted by molar-refractivity contribution is 7.99. The Morgan fingerprint density at radius 2 is 2.00 bits per heavy atom. The van der Waals surface area contributed by atoms with Gasteiger partial charge in [0, 0.05) is 7.05 Å². The van der Waals surface area contributed by atoms with Crippen molar-refractivity contribution < 1.29 is 9.53 Å². The van der Waals surface area contributed by atoms with Gasteiger partial charge in [-0.3, -0.25) is 4.79 Å². The Labute approximate surface area is 188 Å². The number of ether oxygens (including phenoxy) is 1. The summed E-state index contributed by atoms with van der Waals surface area (Å²) >= 11 is 2.90. The summed E-state index contributed by atoms with van der Waals surface area (Å²) < 4.78 is 8.39. The fraction of sp³-hybridized carbons (Fsp3) is 0.286. The number of para-hydroxylation sites is 3. The molecule has 160 valence electrons. The van der Waals surface area contributed by atoms with Crippen LogP contribution in [0, 0.1) is 0 Å². The number of carbonyl (C=O) groups excluding carboxylic acids is 1. The molecule has 4 rings (SSSR count). The summed E-state index contributed by atoms with van der Waals surface area (Å²) in [6, 6.07) is 15.4. The molecular formula is C21H22N6O2S2. The van der Waals surface area contributed by atoms with Crippen LogP contribution in [0.3, 0.4) is 0 Å². The number of thioether (sulfide) groups is 1. The molecule has 1 atom stereocenters. The number of hydrogen-bond acceptors (Lipinski definition) is 8. The monoisotopic (exact) mass is 454 g/mol. The number of tetrazole rings is 1. The maximum absolute atomic E-state index is 12.9. The molecule has 0 spiro atoms. The highest BCUT2D eigenvalue weighted by Gasteiger charge is 2.22. The second-order valence-corrected chi connectivity index (χ2v) is 8.77. The minimum Gasteiger partial charge on any atom is -0.492 e. The molecule has 2 aromatic carbocycles. The van der Waals surface area contributed by atoms with Gasteiger partial charge in [-0.25, -0.2) is 4.98 Å². The van der Waals surface area contributed by atoms with Crippen LogP contribution in [0.25, 0.3) is 15.9 Å². The van der Waals surface area contributed by atoms with Crippen LogP contribution in [0.1, 0.15) is 24.9 Å². The van der Waals surface area contributed by atoms with Gasteiger partial charge in [-0.05, 0) is 48.5 Å². The molecule has 0 aliphatic rings. The number of benzene rings is 2. The lowest BCUT2D eigenvalue weighted by molar-refractivity contribution is -0.128. The van der Waals surface area contributed by atoms with E-state index in [1.165, 1.54) is 11.8 Å². The third-order valence-electron chi connectivity index (χ3n) is 4.80. The molecule has 4 aromatic rings. The first kappa shape index (κ1) is 21.3. The van der Waals surface area contributed by atoms with Crippen molar-refractivity contribution in [2.24, 2.45) is 0 Å². The SMILES string of the molecule is CCOc1ccccc1-n1nnnc1SCC(=O)N(C)[C@@H](C)c1nc2ccccc2s1. The number of aromatic nitrogens is 5. The van der Waals surface area contributed by atoms with E-state index in [9.17, 15) is 4.79 Å². The second kappa shape index (κ2) is 9.44. The molecule has 0 unspecified atom stereocenters. The maximum Gasteiger partial charge on any atom is 0.233 e. The molecular weight excluding hydrogens is 432 g/mol. The molecule has 0 N–H and O–H groups in total. The molecule has 0 aliphatic carbocycles. The molecule has 0 aliphatic heterocycles. The van der Waals surface area contributed by atoms with E-state index < -0.39 is 0 Å².